The fourth-order valence-corrected chi connectivity index (χ4v) is 3.89. The van der Waals surface area contributed by atoms with E-state index in [1.807, 2.05) is 6.07 Å². The van der Waals surface area contributed by atoms with E-state index in [9.17, 15) is 18.8 Å². The molecule has 4 rings (SSSR count). The number of nitrogens with zero attached hydrogens (tertiary/aromatic N) is 1. The summed E-state index contributed by atoms with van der Waals surface area (Å²) in [5.74, 6) is -2.39. The van der Waals surface area contributed by atoms with Crippen molar-refractivity contribution in [3.8, 4) is 0 Å². The summed E-state index contributed by atoms with van der Waals surface area (Å²) < 4.78 is 13.5. The Morgan fingerprint density at radius 2 is 1.53 bits per heavy atom. The Balaban J connectivity index is 1.68. The first-order valence-electron chi connectivity index (χ1n) is 10.5. The highest BCUT2D eigenvalue weighted by molar-refractivity contribution is 6.24. The molecule has 3 aromatic rings. The summed E-state index contributed by atoms with van der Waals surface area (Å²) in [7, 11) is 0. The minimum Gasteiger partial charge on any atom is -0.478 e. The maximum Gasteiger partial charge on any atom is 0.335 e. The molecule has 7 nitrogen and oxygen atoms in total. The highest BCUT2D eigenvalue weighted by Crippen LogP contribution is 2.26. The Hall–Kier alpha value is -4.30. The molecule has 8 heteroatoms. The zero-order valence-electron chi connectivity index (χ0n) is 18.0. The maximum atomic E-state index is 13.6. The second-order valence-corrected chi connectivity index (χ2v) is 7.89. The van der Waals surface area contributed by atoms with E-state index in [0.29, 0.717) is 29.7 Å². The summed E-state index contributed by atoms with van der Waals surface area (Å²) in [6.07, 6.45) is 2.23. The minimum atomic E-state index is -1.05. The van der Waals surface area contributed by atoms with Gasteiger partial charge in [0.05, 0.1) is 5.56 Å². The zero-order chi connectivity index (χ0) is 24.2. The van der Waals surface area contributed by atoms with Crippen LogP contribution < -0.4 is 5.48 Å². The number of carboxylic acids is 1. The van der Waals surface area contributed by atoms with Gasteiger partial charge in [-0.05, 0) is 71.1 Å². The molecule has 0 unspecified atom stereocenters. The first-order valence-corrected chi connectivity index (χ1v) is 10.5. The van der Waals surface area contributed by atoms with Crippen molar-refractivity contribution in [2.75, 3.05) is 6.54 Å². The summed E-state index contributed by atoms with van der Waals surface area (Å²) in [5.41, 5.74) is 5.29. The van der Waals surface area contributed by atoms with E-state index >= 15 is 0 Å². The van der Waals surface area contributed by atoms with Gasteiger partial charge >= 0.3 is 5.97 Å². The molecule has 1 heterocycles. The summed E-state index contributed by atoms with van der Waals surface area (Å²) in [6.45, 7) is 0.713. The fourth-order valence-electron chi connectivity index (χ4n) is 3.89. The zero-order valence-corrected chi connectivity index (χ0v) is 18.0. The Morgan fingerprint density at radius 1 is 0.882 bits per heavy atom. The molecule has 0 saturated heterocycles. The molecule has 3 aromatic carbocycles. The van der Waals surface area contributed by atoms with Crippen LogP contribution in [0.4, 0.5) is 4.39 Å². The first-order chi connectivity index (χ1) is 16.4. The lowest BCUT2D eigenvalue weighted by Crippen LogP contribution is -2.36. The van der Waals surface area contributed by atoms with E-state index < -0.39 is 17.7 Å². The Morgan fingerprint density at radius 3 is 2.18 bits per heavy atom. The molecule has 3 N–H and O–H groups in total. The third kappa shape index (κ3) is 4.87. The standard InChI is InChI=1S/C26H21FN2O5/c27-22-9-7-18(8-10-22)23(13-16-1-3-19(4-2-16)26(32)33)25(31)29-12-11-17-5-6-20(24(30)28-34)14-21(17)15-29/h1-10,13-14,34H,11-12,15H2,(H,28,30)(H,32,33)/b23-13+. The second-order valence-electron chi connectivity index (χ2n) is 7.89. The highest BCUT2D eigenvalue weighted by atomic mass is 19.1. The van der Waals surface area contributed by atoms with Crippen LogP contribution in [-0.4, -0.2) is 39.5 Å². The molecule has 0 saturated carbocycles. The predicted molar refractivity (Wildman–Crippen MR) is 122 cm³/mol. The number of fused-ring (bicyclic) bond motifs is 1. The van der Waals surface area contributed by atoms with Crippen molar-refractivity contribution in [2.24, 2.45) is 0 Å². The van der Waals surface area contributed by atoms with Gasteiger partial charge < -0.3 is 10.0 Å². The lowest BCUT2D eigenvalue weighted by molar-refractivity contribution is -0.125. The minimum absolute atomic E-state index is 0.127. The molecule has 0 fully saturated rings. The number of hydroxylamine groups is 1. The molecule has 0 atom stereocenters. The van der Waals surface area contributed by atoms with E-state index in [2.05, 4.69) is 0 Å². The number of benzene rings is 3. The van der Waals surface area contributed by atoms with E-state index in [0.717, 1.165) is 11.1 Å². The molecule has 0 bridgehead atoms. The van der Waals surface area contributed by atoms with Gasteiger partial charge in [0.15, 0.2) is 0 Å². The third-order valence-electron chi connectivity index (χ3n) is 5.72. The van der Waals surface area contributed by atoms with Crippen LogP contribution in [-0.2, 0) is 17.8 Å². The third-order valence-corrected chi connectivity index (χ3v) is 5.72. The number of halogens is 1. The summed E-state index contributed by atoms with van der Waals surface area (Å²) in [5, 5.41) is 18.0. The molecule has 2 amide bonds. The van der Waals surface area contributed by atoms with E-state index in [1.165, 1.54) is 36.4 Å². The van der Waals surface area contributed by atoms with Crippen LogP contribution in [0.25, 0.3) is 11.6 Å². The van der Waals surface area contributed by atoms with Crippen molar-refractivity contribution in [1.82, 2.24) is 10.4 Å². The van der Waals surface area contributed by atoms with E-state index in [4.69, 9.17) is 10.3 Å². The van der Waals surface area contributed by atoms with Crippen LogP contribution in [0.5, 0.6) is 0 Å². The number of rotatable bonds is 5. The van der Waals surface area contributed by atoms with Gasteiger partial charge in [-0.25, -0.2) is 14.7 Å². The number of nitrogens with one attached hydrogen (secondary N) is 1. The molecule has 0 radical (unpaired) electrons. The molecule has 1 aliphatic rings. The Bertz CT molecular complexity index is 1280. The largest absolute Gasteiger partial charge is 0.478 e. The molecule has 172 valence electrons. The smallest absolute Gasteiger partial charge is 0.335 e. The first kappa shape index (κ1) is 22.9. The Kier molecular flexibility index (Phi) is 6.51. The van der Waals surface area contributed by atoms with Gasteiger partial charge in [-0.2, -0.15) is 0 Å². The number of hydrogen-bond donors (Lipinski definition) is 3. The van der Waals surface area contributed by atoms with E-state index in [-0.39, 0.29) is 23.6 Å². The second kappa shape index (κ2) is 9.68. The van der Waals surface area contributed by atoms with Crippen LogP contribution in [0.15, 0.2) is 66.7 Å². The molecule has 34 heavy (non-hydrogen) atoms. The van der Waals surface area contributed by atoms with Crippen molar-refractivity contribution in [2.45, 2.75) is 13.0 Å². The van der Waals surface area contributed by atoms with Crippen LogP contribution in [0.2, 0.25) is 0 Å². The van der Waals surface area contributed by atoms with Gasteiger partial charge in [0.1, 0.15) is 5.82 Å². The monoisotopic (exact) mass is 460 g/mol. The predicted octanol–water partition coefficient (Wildman–Crippen LogP) is 3.77. The lowest BCUT2D eigenvalue weighted by Gasteiger charge is -2.30. The van der Waals surface area contributed by atoms with Crippen molar-refractivity contribution in [1.29, 1.82) is 0 Å². The van der Waals surface area contributed by atoms with Crippen molar-refractivity contribution in [3.63, 3.8) is 0 Å². The number of carbonyl (C=O) groups excluding carboxylic acids is 2. The van der Waals surface area contributed by atoms with Gasteiger partial charge in [0, 0.05) is 24.2 Å². The number of aromatic carboxylic acids is 1. The average molecular weight is 460 g/mol. The quantitative estimate of drug-likeness (QED) is 0.233. The normalized spacial score (nSPS) is 13.2. The Labute approximate surface area is 194 Å². The fraction of sp³-hybridized carbons (Fsp3) is 0.115. The van der Waals surface area contributed by atoms with Crippen LogP contribution >= 0.6 is 0 Å². The van der Waals surface area contributed by atoms with Crippen LogP contribution in [0.3, 0.4) is 0 Å². The van der Waals surface area contributed by atoms with Crippen molar-refractivity contribution < 1.29 is 29.1 Å². The lowest BCUT2D eigenvalue weighted by atomic mass is 9.95. The summed E-state index contributed by atoms with van der Waals surface area (Å²) in [4.78, 5) is 38.2. The number of hydrogen-bond acceptors (Lipinski definition) is 4. The molecule has 0 aliphatic carbocycles. The number of carboxylic acid groups (broad SMARTS) is 1. The van der Waals surface area contributed by atoms with Gasteiger partial charge in [0.25, 0.3) is 11.8 Å². The van der Waals surface area contributed by atoms with Gasteiger partial charge in [-0.3, -0.25) is 14.8 Å². The van der Waals surface area contributed by atoms with Gasteiger partial charge in [-0.1, -0.05) is 30.3 Å². The van der Waals surface area contributed by atoms with E-state index in [1.54, 1.807) is 40.7 Å². The molecule has 0 aromatic heterocycles. The molecule has 1 aliphatic heterocycles. The average Bonchev–Trinajstić information content (AvgIpc) is 2.86. The summed E-state index contributed by atoms with van der Waals surface area (Å²) in [6, 6.07) is 16.8. The molecular weight excluding hydrogens is 439 g/mol. The SMILES string of the molecule is O=C(O)c1ccc(/C=C(/C(=O)N2CCc3ccc(C(=O)NO)cc3C2)c2ccc(F)cc2)cc1. The molecule has 0 spiro atoms. The number of amides is 2. The van der Waals surface area contributed by atoms with Gasteiger partial charge in [0.2, 0.25) is 0 Å². The van der Waals surface area contributed by atoms with Crippen molar-refractivity contribution >= 4 is 29.4 Å². The van der Waals surface area contributed by atoms with Crippen LogP contribution in [0, 0.1) is 5.82 Å². The van der Waals surface area contributed by atoms with Crippen molar-refractivity contribution in [3.05, 3.63) is 106 Å². The van der Waals surface area contributed by atoms with Gasteiger partial charge in [-0.15, -0.1) is 0 Å². The molecular formula is C26H21FN2O5. The topological polar surface area (TPSA) is 107 Å². The maximum absolute atomic E-state index is 13.6. The summed E-state index contributed by atoms with van der Waals surface area (Å²) >= 11 is 0. The van der Waals surface area contributed by atoms with Crippen LogP contribution in [0.1, 0.15) is 43.0 Å². The number of carbonyl (C=O) groups is 3. The highest BCUT2D eigenvalue weighted by Gasteiger charge is 2.25.